The van der Waals surface area contributed by atoms with Crippen LogP contribution < -0.4 is 11.5 Å². The predicted octanol–water partition coefficient (Wildman–Crippen LogP) is 4.13. The summed E-state index contributed by atoms with van der Waals surface area (Å²) in [6, 6.07) is 14.6. The molecule has 1 heterocycles. The Morgan fingerprint density at radius 1 is 1.13 bits per heavy atom. The Balaban J connectivity index is 1.66. The number of nitrogens with two attached hydrogens (primary N) is 2. The molecule has 0 bridgehead atoms. The first-order chi connectivity index (χ1) is 11.1. The number of hydrogen-bond acceptors (Lipinski definition) is 3. The van der Waals surface area contributed by atoms with E-state index in [0.29, 0.717) is 11.2 Å². The zero-order chi connectivity index (χ0) is 16.3. The third-order valence-electron chi connectivity index (χ3n) is 5.06. The summed E-state index contributed by atoms with van der Waals surface area (Å²) >= 11 is 0. The highest BCUT2D eigenvalue weighted by Gasteiger charge is 2.42. The molecule has 0 spiro atoms. The molecule has 1 aromatic heterocycles. The minimum Gasteiger partial charge on any atom is -0.384 e. The summed E-state index contributed by atoms with van der Waals surface area (Å²) in [5.74, 6) is 0.528. The van der Waals surface area contributed by atoms with Gasteiger partial charge in [0, 0.05) is 0 Å². The third kappa shape index (κ3) is 3.73. The molecule has 0 aliphatic heterocycles. The summed E-state index contributed by atoms with van der Waals surface area (Å²) in [5, 5.41) is 0. The van der Waals surface area contributed by atoms with Gasteiger partial charge in [-0.3, -0.25) is 0 Å². The Morgan fingerprint density at radius 2 is 1.87 bits per heavy atom. The van der Waals surface area contributed by atoms with E-state index >= 15 is 0 Å². The molecule has 1 aliphatic carbocycles. The first kappa shape index (κ1) is 16.0. The topological polar surface area (TPSA) is 64.9 Å². The number of nitrogen functional groups attached to an aromatic ring is 1. The number of rotatable bonds is 7. The second kappa shape index (κ2) is 6.71. The summed E-state index contributed by atoms with van der Waals surface area (Å²) in [4.78, 5) is 4.32. The molecule has 1 atom stereocenters. The van der Waals surface area contributed by atoms with Gasteiger partial charge in [-0.05, 0) is 54.4 Å². The number of benzene rings is 1. The van der Waals surface area contributed by atoms with Gasteiger partial charge in [0.2, 0.25) is 0 Å². The third-order valence-corrected chi connectivity index (χ3v) is 5.06. The molecule has 3 rings (SSSR count). The second-order valence-corrected chi connectivity index (χ2v) is 6.88. The molecule has 1 aliphatic rings. The van der Waals surface area contributed by atoms with Crippen LogP contribution >= 0.6 is 0 Å². The Hall–Kier alpha value is -1.87. The van der Waals surface area contributed by atoms with Crippen molar-refractivity contribution in [2.75, 3.05) is 5.73 Å². The lowest BCUT2D eigenvalue weighted by Gasteiger charge is -2.17. The maximum atomic E-state index is 6.28. The summed E-state index contributed by atoms with van der Waals surface area (Å²) in [6.45, 7) is 2.27. The van der Waals surface area contributed by atoms with Crippen LogP contribution in [0.15, 0.2) is 42.5 Å². The summed E-state index contributed by atoms with van der Waals surface area (Å²) in [7, 11) is 0. The average molecular weight is 309 g/mol. The fraction of sp³-hybridized carbons (Fsp3) is 0.450. The van der Waals surface area contributed by atoms with E-state index in [9.17, 15) is 0 Å². The van der Waals surface area contributed by atoms with Gasteiger partial charge >= 0.3 is 0 Å². The Bertz CT molecular complexity index is 644. The standard InChI is InChI=1S/C20H27N3/c1-2-3-11-20(12-13-20)16-9-7-15(8-10-16)14-17(21)18-5-4-6-19(22)23-18/h4-10,17H,2-3,11-14,21H2,1H3,(H2,22,23). The van der Waals surface area contributed by atoms with Crippen LogP contribution in [0.4, 0.5) is 5.82 Å². The molecule has 1 unspecified atom stereocenters. The van der Waals surface area contributed by atoms with Crippen molar-refractivity contribution in [2.45, 2.75) is 56.9 Å². The van der Waals surface area contributed by atoms with Crippen LogP contribution in [0.1, 0.15) is 61.9 Å². The summed E-state index contributed by atoms with van der Waals surface area (Å²) in [6.07, 6.45) is 7.42. The number of aromatic nitrogens is 1. The molecule has 4 N–H and O–H groups in total. The molecular weight excluding hydrogens is 282 g/mol. The van der Waals surface area contributed by atoms with E-state index in [2.05, 4.69) is 36.2 Å². The molecule has 1 saturated carbocycles. The molecule has 1 fully saturated rings. The van der Waals surface area contributed by atoms with Crippen molar-refractivity contribution in [3.05, 3.63) is 59.3 Å². The van der Waals surface area contributed by atoms with Crippen LogP contribution in [0.2, 0.25) is 0 Å². The van der Waals surface area contributed by atoms with Crippen LogP contribution in [0.25, 0.3) is 0 Å². The Morgan fingerprint density at radius 3 is 2.48 bits per heavy atom. The Kier molecular flexibility index (Phi) is 4.67. The van der Waals surface area contributed by atoms with Gasteiger partial charge in [-0.2, -0.15) is 0 Å². The van der Waals surface area contributed by atoms with Gasteiger partial charge in [0.05, 0.1) is 11.7 Å². The minimum atomic E-state index is -0.112. The molecule has 3 nitrogen and oxygen atoms in total. The maximum absolute atomic E-state index is 6.28. The Labute approximate surface area is 139 Å². The van der Waals surface area contributed by atoms with E-state index in [0.717, 1.165) is 12.1 Å². The van der Waals surface area contributed by atoms with E-state index in [-0.39, 0.29) is 6.04 Å². The van der Waals surface area contributed by atoms with Crippen molar-refractivity contribution in [3.8, 4) is 0 Å². The summed E-state index contributed by atoms with van der Waals surface area (Å²) < 4.78 is 0. The molecular formula is C20H27N3. The largest absolute Gasteiger partial charge is 0.384 e. The van der Waals surface area contributed by atoms with E-state index in [1.54, 1.807) is 6.07 Å². The number of unbranched alkanes of at least 4 members (excludes halogenated alkanes) is 1. The van der Waals surface area contributed by atoms with Crippen LogP contribution in [0.5, 0.6) is 0 Å². The van der Waals surface area contributed by atoms with Gasteiger partial charge < -0.3 is 11.5 Å². The fourth-order valence-corrected chi connectivity index (χ4v) is 3.38. The highest BCUT2D eigenvalue weighted by molar-refractivity contribution is 5.35. The SMILES string of the molecule is CCCCC1(c2ccc(CC(N)c3cccc(N)n3)cc2)CC1. The first-order valence-corrected chi connectivity index (χ1v) is 8.70. The van der Waals surface area contributed by atoms with Crippen molar-refractivity contribution >= 4 is 5.82 Å². The number of pyridine rings is 1. The number of nitrogens with zero attached hydrogens (tertiary/aromatic N) is 1. The van der Waals surface area contributed by atoms with E-state index < -0.39 is 0 Å². The van der Waals surface area contributed by atoms with Crippen molar-refractivity contribution in [2.24, 2.45) is 5.73 Å². The van der Waals surface area contributed by atoms with Gasteiger partial charge in [0.15, 0.2) is 0 Å². The highest BCUT2D eigenvalue weighted by Crippen LogP contribution is 2.51. The maximum Gasteiger partial charge on any atom is 0.123 e. The van der Waals surface area contributed by atoms with E-state index in [4.69, 9.17) is 11.5 Å². The zero-order valence-electron chi connectivity index (χ0n) is 14.0. The van der Waals surface area contributed by atoms with Crippen molar-refractivity contribution in [3.63, 3.8) is 0 Å². The van der Waals surface area contributed by atoms with E-state index in [1.165, 1.54) is 43.2 Å². The van der Waals surface area contributed by atoms with Gasteiger partial charge in [-0.25, -0.2) is 4.98 Å². The molecule has 1 aromatic carbocycles. The molecule has 2 aromatic rings. The van der Waals surface area contributed by atoms with Gasteiger partial charge in [0.1, 0.15) is 5.82 Å². The lowest BCUT2D eigenvalue weighted by atomic mass is 9.89. The molecule has 23 heavy (non-hydrogen) atoms. The fourth-order valence-electron chi connectivity index (χ4n) is 3.38. The monoisotopic (exact) mass is 309 g/mol. The van der Waals surface area contributed by atoms with Crippen LogP contribution in [-0.4, -0.2) is 4.98 Å². The normalized spacial score (nSPS) is 17.0. The van der Waals surface area contributed by atoms with Crippen molar-refractivity contribution < 1.29 is 0 Å². The number of hydrogen-bond donors (Lipinski definition) is 2. The zero-order valence-corrected chi connectivity index (χ0v) is 14.0. The van der Waals surface area contributed by atoms with Crippen LogP contribution in [0, 0.1) is 0 Å². The molecule has 0 radical (unpaired) electrons. The molecule has 0 saturated heterocycles. The van der Waals surface area contributed by atoms with Gasteiger partial charge in [-0.15, -0.1) is 0 Å². The number of anilines is 1. The lowest BCUT2D eigenvalue weighted by Crippen LogP contribution is -2.15. The predicted molar refractivity (Wildman–Crippen MR) is 96.2 cm³/mol. The smallest absolute Gasteiger partial charge is 0.123 e. The highest BCUT2D eigenvalue weighted by atomic mass is 14.9. The lowest BCUT2D eigenvalue weighted by molar-refractivity contribution is 0.575. The van der Waals surface area contributed by atoms with E-state index in [1.807, 2.05) is 12.1 Å². The van der Waals surface area contributed by atoms with Crippen LogP contribution in [-0.2, 0) is 11.8 Å². The van der Waals surface area contributed by atoms with Crippen LogP contribution in [0.3, 0.4) is 0 Å². The van der Waals surface area contributed by atoms with Gasteiger partial charge in [-0.1, -0.05) is 50.1 Å². The van der Waals surface area contributed by atoms with Gasteiger partial charge in [0.25, 0.3) is 0 Å². The molecule has 3 heteroatoms. The molecule has 122 valence electrons. The molecule has 0 amide bonds. The first-order valence-electron chi connectivity index (χ1n) is 8.70. The van der Waals surface area contributed by atoms with Crippen molar-refractivity contribution in [1.29, 1.82) is 0 Å². The average Bonchev–Trinajstić information content (AvgIpc) is 3.35. The summed E-state index contributed by atoms with van der Waals surface area (Å²) in [5.41, 5.74) is 16.1. The minimum absolute atomic E-state index is 0.112. The van der Waals surface area contributed by atoms with Crippen molar-refractivity contribution in [1.82, 2.24) is 4.98 Å². The second-order valence-electron chi connectivity index (χ2n) is 6.88. The quantitative estimate of drug-likeness (QED) is 0.808.